The zero-order valence-electron chi connectivity index (χ0n) is 19.0. The summed E-state index contributed by atoms with van der Waals surface area (Å²) in [7, 11) is 0. The van der Waals surface area contributed by atoms with Gasteiger partial charge in [0, 0.05) is 23.6 Å². The number of hydrogen-bond acceptors (Lipinski definition) is 7. The molecule has 4 N–H and O–H groups in total. The molecule has 1 fully saturated rings. The van der Waals surface area contributed by atoms with E-state index in [2.05, 4.69) is 5.10 Å². The molecule has 9 heteroatoms. The molecule has 4 rings (SSSR count). The van der Waals surface area contributed by atoms with Crippen molar-refractivity contribution >= 4 is 0 Å². The van der Waals surface area contributed by atoms with Crippen molar-refractivity contribution in [2.24, 2.45) is 0 Å². The summed E-state index contributed by atoms with van der Waals surface area (Å²) in [5.74, 6) is -0.192. The molecule has 1 aliphatic heterocycles. The van der Waals surface area contributed by atoms with Crippen molar-refractivity contribution < 1.29 is 34.3 Å². The highest BCUT2D eigenvalue weighted by Crippen LogP contribution is 2.36. The maximum absolute atomic E-state index is 13.6. The highest BCUT2D eigenvalue weighted by Gasteiger charge is 2.45. The molecule has 1 aliphatic rings. The van der Waals surface area contributed by atoms with E-state index in [9.17, 15) is 24.8 Å². The summed E-state index contributed by atoms with van der Waals surface area (Å²) in [6.07, 6.45) is -6.69. The lowest BCUT2D eigenvalue weighted by Crippen LogP contribution is -2.60. The number of rotatable bonds is 7. The van der Waals surface area contributed by atoms with Gasteiger partial charge in [0.25, 0.3) is 0 Å². The molecule has 8 nitrogen and oxygen atoms in total. The second-order valence-corrected chi connectivity index (χ2v) is 8.66. The zero-order chi connectivity index (χ0) is 24.4. The third-order valence-electron chi connectivity index (χ3n) is 5.88. The number of benzene rings is 2. The normalized spacial score (nSPS) is 25.0. The highest BCUT2D eigenvalue weighted by atomic mass is 19.1. The lowest BCUT2D eigenvalue weighted by atomic mass is 9.99. The van der Waals surface area contributed by atoms with Gasteiger partial charge in [0.05, 0.1) is 12.3 Å². The van der Waals surface area contributed by atoms with Gasteiger partial charge < -0.3 is 29.9 Å². The van der Waals surface area contributed by atoms with Crippen molar-refractivity contribution in [2.45, 2.75) is 57.0 Å². The van der Waals surface area contributed by atoms with Crippen molar-refractivity contribution in [1.29, 1.82) is 0 Å². The lowest BCUT2D eigenvalue weighted by molar-refractivity contribution is -0.278. The average molecular weight is 473 g/mol. The Morgan fingerprint density at radius 3 is 2.29 bits per heavy atom. The molecule has 34 heavy (non-hydrogen) atoms. The quantitative estimate of drug-likeness (QED) is 0.416. The smallest absolute Gasteiger partial charge is 0.239 e. The molecule has 2 heterocycles. The molecule has 0 aliphatic carbocycles. The molecule has 0 radical (unpaired) electrons. The van der Waals surface area contributed by atoms with Crippen LogP contribution in [-0.4, -0.2) is 67.5 Å². The van der Waals surface area contributed by atoms with Crippen LogP contribution in [0, 0.1) is 5.82 Å². The first kappa shape index (κ1) is 24.3. The number of aliphatic hydroxyl groups is 4. The first-order valence-corrected chi connectivity index (χ1v) is 11.2. The predicted octanol–water partition coefficient (Wildman–Crippen LogP) is 2.04. The van der Waals surface area contributed by atoms with E-state index in [0.29, 0.717) is 12.0 Å². The van der Waals surface area contributed by atoms with E-state index in [0.717, 1.165) is 16.8 Å². The summed E-state index contributed by atoms with van der Waals surface area (Å²) in [6, 6.07) is 15.6. The first-order chi connectivity index (χ1) is 16.3. The molecule has 0 unspecified atom stereocenters. The molecule has 3 aromatic rings. The van der Waals surface area contributed by atoms with E-state index in [-0.39, 0.29) is 17.7 Å². The summed E-state index contributed by atoms with van der Waals surface area (Å²) in [6.45, 7) is 3.33. The minimum absolute atomic E-state index is 0.0817. The summed E-state index contributed by atoms with van der Waals surface area (Å²) < 4.78 is 26.9. The fourth-order valence-electron chi connectivity index (χ4n) is 4.06. The van der Waals surface area contributed by atoms with Crippen LogP contribution in [0.5, 0.6) is 5.88 Å². The Morgan fingerprint density at radius 1 is 1.00 bits per heavy atom. The van der Waals surface area contributed by atoms with Crippen molar-refractivity contribution in [1.82, 2.24) is 9.78 Å². The van der Waals surface area contributed by atoms with Gasteiger partial charge in [0.1, 0.15) is 30.2 Å². The topological polar surface area (TPSA) is 117 Å². The van der Waals surface area contributed by atoms with E-state index >= 15 is 0 Å². The number of halogens is 1. The van der Waals surface area contributed by atoms with Gasteiger partial charge in [0.15, 0.2) is 0 Å². The number of nitrogens with zero attached hydrogens (tertiary/aromatic N) is 2. The Balaban J connectivity index is 1.80. The Labute approximate surface area is 196 Å². The molecular weight excluding hydrogens is 443 g/mol. The summed E-state index contributed by atoms with van der Waals surface area (Å²) >= 11 is 0. The summed E-state index contributed by atoms with van der Waals surface area (Å²) in [4.78, 5) is 0. The van der Waals surface area contributed by atoms with Crippen LogP contribution >= 0.6 is 0 Å². The van der Waals surface area contributed by atoms with Gasteiger partial charge in [-0.25, -0.2) is 4.39 Å². The standard InChI is InChI=1S/C25H29FN2O6/c1-14(2)28-20(16-8-10-17(26)11-9-16)18(12-15-6-4-3-5-7-15)24(27-28)34-25-23(32)22(31)21(30)19(13-29)33-25/h3-11,14,19,21-23,25,29-32H,12-13H2,1-2H3/t19-,21-,22+,23-,25+/m1/s1. The van der Waals surface area contributed by atoms with E-state index in [1.165, 1.54) is 12.1 Å². The monoisotopic (exact) mass is 472 g/mol. The van der Waals surface area contributed by atoms with Crippen molar-refractivity contribution in [3.63, 3.8) is 0 Å². The lowest BCUT2D eigenvalue weighted by Gasteiger charge is -2.39. The molecular formula is C25H29FN2O6. The van der Waals surface area contributed by atoms with Gasteiger partial charge in [-0.2, -0.15) is 0 Å². The fraction of sp³-hybridized carbons (Fsp3) is 0.400. The summed E-state index contributed by atoms with van der Waals surface area (Å²) in [5, 5.41) is 44.9. The van der Waals surface area contributed by atoms with Crippen molar-refractivity contribution in [3.05, 3.63) is 71.5 Å². The largest absolute Gasteiger partial charge is 0.443 e. The van der Waals surface area contributed by atoms with Crippen molar-refractivity contribution in [3.8, 4) is 17.1 Å². The molecule has 0 bridgehead atoms. The number of ether oxygens (including phenoxy) is 2. The molecule has 0 spiro atoms. The van der Waals surface area contributed by atoms with Gasteiger partial charge in [-0.3, -0.25) is 4.68 Å². The third-order valence-corrected chi connectivity index (χ3v) is 5.88. The summed E-state index contributed by atoms with van der Waals surface area (Å²) in [5.41, 5.74) is 3.12. The maximum Gasteiger partial charge on any atom is 0.239 e. The van der Waals surface area contributed by atoms with Crippen LogP contribution in [0.1, 0.15) is 31.0 Å². The Kier molecular flexibility index (Phi) is 7.30. The van der Waals surface area contributed by atoms with Crippen molar-refractivity contribution in [2.75, 3.05) is 6.61 Å². The van der Waals surface area contributed by atoms with Crippen LogP contribution in [0.4, 0.5) is 4.39 Å². The van der Waals surface area contributed by atoms with Gasteiger partial charge in [-0.1, -0.05) is 30.3 Å². The number of aromatic nitrogens is 2. The molecule has 2 aromatic carbocycles. The zero-order valence-corrected chi connectivity index (χ0v) is 19.0. The second-order valence-electron chi connectivity index (χ2n) is 8.66. The second kappa shape index (κ2) is 10.2. The van der Waals surface area contributed by atoms with Gasteiger partial charge >= 0.3 is 0 Å². The van der Waals surface area contributed by atoms with E-state index in [1.807, 2.05) is 44.2 Å². The minimum atomic E-state index is -1.57. The molecule has 5 atom stereocenters. The average Bonchev–Trinajstić information content (AvgIpc) is 3.18. The Hall–Kier alpha value is -2.82. The maximum atomic E-state index is 13.6. The molecule has 1 aromatic heterocycles. The fourth-order valence-corrected chi connectivity index (χ4v) is 4.06. The predicted molar refractivity (Wildman–Crippen MR) is 122 cm³/mol. The van der Waals surface area contributed by atoms with Crippen LogP contribution in [0.3, 0.4) is 0 Å². The van der Waals surface area contributed by atoms with Crippen LogP contribution in [0.15, 0.2) is 54.6 Å². The van der Waals surface area contributed by atoms with E-state index < -0.39 is 37.3 Å². The Morgan fingerprint density at radius 2 is 1.68 bits per heavy atom. The number of hydrogen-bond donors (Lipinski definition) is 4. The Bertz CT molecular complexity index is 1090. The first-order valence-electron chi connectivity index (χ1n) is 11.2. The van der Waals surface area contributed by atoms with Gasteiger partial charge in [-0.05, 0) is 43.7 Å². The number of aliphatic hydroxyl groups excluding tert-OH is 4. The molecule has 0 amide bonds. The van der Waals surface area contributed by atoms with Crippen LogP contribution in [0.2, 0.25) is 0 Å². The van der Waals surface area contributed by atoms with Crippen LogP contribution in [-0.2, 0) is 11.2 Å². The highest BCUT2D eigenvalue weighted by molar-refractivity contribution is 5.67. The SMILES string of the molecule is CC(C)n1nc(O[C@@H]2O[C@H](CO)[C@@H](O)[C@H](O)[C@H]2O)c(Cc2ccccc2)c1-c1ccc(F)cc1. The molecule has 182 valence electrons. The third kappa shape index (κ3) is 4.84. The van der Waals surface area contributed by atoms with Crippen LogP contribution in [0.25, 0.3) is 11.3 Å². The van der Waals surface area contributed by atoms with Gasteiger partial charge in [0.2, 0.25) is 12.2 Å². The van der Waals surface area contributed by atoms with Gasteiger partial charge in [-0.15, -0.1) is 5.10 Å². The minimum Gasteiger partial charge on any atom is -0.443 e. The molecule has 0 saturated carbocycles. The van der Waals surface area contributed by atoms with Crippen LogP contribution < -0.4 is 4.74 Å². The van der Waals surface area contributed by atoms with E-state index in [1.54, 1.807) is 16.8 Å². The molecule has 1 saturated heterocycles. The van der Waals surface area contributed by atoms with E-state index in [4.69, 9.17) is 9.47 Å².